The lowest BCUT2D eigenvalue weighted by Gasteiger charge is -2.05. The standard InChI is InChI=1S/C19H19ClN3OS.BrH/c1-13(22(2)3)21-19-23(16-6-4-5-7-18(16)25-19)12-17(24)14-8-10-15(20)11-9-14;/h4-11H,12H2,1-3H3;1H/q+1;/p-1. The first-order valence-electron chi connectivity index (χ1n) is 7.88. The van der Waals surface area contributed by atoms with Gasteiger partial charge in [0.15, 0.2) is 6.54 Å². The van der Waals surface area contributed by atoms with Crippen LogP contribution in [0.1, 0.15) is 17.3 Å². The first-order chi connectivity index (χ1) is 12.0. The summed E-state index contributed by atoms with van der Waals surface area (Å²) in [6.45, 7) is 2.20. The van der Waals surface area contributed by atoms with Crippen LogP contribution in [0.5, 0.6) is 0 Å². The molecule has 0 saturated carbocycles. The highest BCUT2D eigenvalue weighted by Crippen LogP contribution is 2.26. The lowest BCUT2D eigenvalue weighted by Crippen LogP contribution is -3.00. The van der Waals surface area contributed by atoms with E-state index in [1.807, 2.05) is 54.8 Å². The minimum atomic E-state index is 0. The third-order valence-corrected chi connectivity index (χ3v) is 5.27. The van der Waals surface area contributed by atoms with E-state index in [-0.39, 0.29) is 29.3 Å². The van der Waals surface area contributed by atoms with Crippen molar-refractivity contribution in [3.05, 3.63) is 59.1 Å². The molecular weight excluding hydrogens is 434 g/mol. The molecule has 0 saturated heterocycles. The highest BCUT2D eigenvalue weighted by atomic mass is 79.9. The molecule has 0 aliphatic rings. The topological polar surface area (TPSA) is 36.6 Å². The molecule has 3 aromatic rings. The van der Waals surface area contributed by atoms with Crippen molar-refractivity contribution in [2.45, 2.75) is 13.5 Å². The summed E-state index contributed by atoms with van der Waals surface area (Å²) in [5.41, 5.74) is 1.66. The summed E-state index contributed by atoms with van der Waals surface area (Å²) in [5, 5.41) is 1.44. The Morgan fingerprint density at radius 3 is 2.46 bits per heavy atom. The molecule has 1 aromatic heterocycles. The lowest BCUT2D eigenvalue weighted by molar-refractivity contribution is -0.640. The molecule has 7 heteroatoms. The van der Waals surface area contributed by atoms with Crippen molar-refractivity contribution >= 4 is 49.9 Å². The van der Waals surface area contributed by atoms with Gasteiger partial charge in [0.2, 0.25) is 11.6 Å². The summed E-state index contributed by atoms with van der Waals surface area (Å²) in [6.07, 6.45) is 0. The third-order valence-electron chi connectivity index (χ3n) is 3.96. The fraction of sp³-hybridized carbons (Fsp3) is 0.211. The van der Waals surface area contributed by atoms with E-state index in [2.05, 4.69) is 0 Å². The van der Waals surface area contributed by atoms with E-state index in [0.29, 0.717) is 10.6 Å². The smallest absolute Gasteiger partial charge is 0.385 e. The summed E-state index contributed by atoms with van der Waals surface area (Å²) in [6, 6.07) is 15.0. The first kappa shape index (κ1) is 20.6. The van der Waals surface area contributed by atoms with Crippen LogP contribution in [0.4, 0.5) is 5.13 Å². The van der Waals surface area contributed by atoms with E-state index in [1.165, 1.54) is 0 Å². The maximum atomic E-state index is 12.7. The number of aromatic nitrogens is 1. The molecule has 0 fully saturated rings. The van der Waals surface area contributed by atoms with Crippen molar-refractivity contribution in [3.8, 4) is 0 Å². The molecule has 1 heterocycles. The van der Waals surface area contributed by atoms with Gasteiger partial charge < -0.3 is 21.9 Å². The Balaban J connectivity index is 0.00000243. The molecule has 0 N–H and O–H groups in total. The van der Waals surface area contributed by atoms with Gasteiger partial charge >= 0.3 is 5.13 Å². The molecule has 2 aromatic carbocycles. The normalized spacial score (nSPS) is 11.3. The zero-order chi connectivity index (χ0) is 18.0. The Bertz CT molecular complexity index is 951. The van der Waals surface area contributed by atoms with Crippen LogP contribution in [-0.4, -0.2) is 30.6 Å². The molecule has 0 atom stereocenters. The fourth-order valence-electron chi connectivity index (χ4n) is 2.37. The zero-order valence-corrected chi connectivity index (χ0v) is 17.9. The van der Waals surface area contributed by atoms with E-state index in [0.717, 1.165) is 21.2 Å². The second-order valence-corrected chi connectivity index (χ2v) is 7.37. The second-order valence-electron chi connectivity index (χ2n) is 5.92. The van der Waals surface area contributed by atoms with E-state index in [1.54, 1.807) is 35.6 Å². The number of halogens is 2. The Morgan fingerprint density at radius 1 is 1.15 bits per heavy atom. The predicted octanol–water partition coefficient (Wildman–Crippen LogP) is 1.34. The number of carbonyl (C=O) groups is 1. The largest absolute Gasteiger partial charge is 1.00 e. The Hall–Kier alpha value is -1.76. The number of aliphatic imine (C=N–C) groups is 1. The summed E-state index contributed by atoms with van der Waals surface area (Å²) in [5.74, 6) is 0.920. The molecule has 26 heavy (non-hydrogen) atoms. The molecule has 0 amide bonds. The number of para-hydroxylation sites is 1. The number of fused-ring (bicyclic) bond motifs is 1. The van der Waals surface area contributed by atoms with Crippen LogP contribution in [0, 0.1) is 0 Å². The monoisotopic (exact) mass is 451 g/mol. The predicted molar refractivity (Wildman–Crippen MR) is 104 cm³/mol. The average molecular weight is 453 g/mol. The highest BCUT2D eigenvalue weighted by molar-refractivity contribution is 7.21. The highest BCUT2D eigenvalue weighted by Gasteiger charge is 2.22. The Kier molecular flexibility index (Phi) is 6.92. The van der Waals surface area contributed by atoms with Gasteiger partial charge in [-0.15, -0.1) is 0 Å². The number of Topliss-reactive ketones (excluding diaryl/α,β-unsaturated/α-hetero) is 1. The van der Waals surface area contributed by atoms with Crippen molar-refractivity contribution < 1.29 is 26.3 Å². The number of carbonyl (C=O) groups excluding carboxylic acids is 1. The van der Waals surface area contributed by atoms with Gasteiger partial charge in [-0.1, -0.05) is 23.7 Å². The molecule has 0 spiro atoms. The number of hydrogen-bond donors (Lipinski definition) is 0. The van der Waals surface area contributed by atoms with Crippen molar-refractivity contribution in [1.29, 1.82) is 0 Å². The van der Waals surface area contributed by atoms with Crippen LogP contribution in [0.2, 0.25) is 5.02 Å². The summed E-state index contributed by atoms with van der Waals surface area (Å²) in [4.78, 5) is 19.4. The number of amidine groups is 1. The average Bonchev–Trinajstić information content (AvgIpc) is 2.92. The fourth-order valence-corrected chi connectivity index (χ4v) is 3.57. The van der Waals surface area contributed by atoms with Gasteiger partial charge in [0.25, 0.3) is 0 Å². The zero-order valence-electron chi connectivity index (χ0n) is 14.7. The van der Waals surface area contributed by atoms with Crippen molar-refractivity contribution in [1.82, 2.24) is 4.90 Å². The van der Waals surface area contributed by atoms with Gasteiger partial charge in [0.1, 0.15) is 5.52 Å². The number of nitrogens with zero attached hydrogens (tertiary/aromatic N) is 3. The van der Waals surface area contributed by atoms with Crippen LogP contribution < -0.4 is 21.5 Å². The maximum absolute atomic E-state index is 12.7. The van der Waals surface area contributed by atoms with Gasteiger partial charge in [0, 0.05) is 31.6 Å². The van der Waals surface area contributed by atoms with Gasteiger partial charge in [-0.05, 0) is 52.7 Å². The Morgan fingerprint density at radius 2 is 1.81 bits per heavy atom. The number of benzene rings is 2. The summed E-state index contributed by atoms with van der Waals surface area (Å²) >= 11 is 7.50. The molecule has 0 aliphatic heterocycles. The molecule has 0 bridgehead atoms. The van der Waals surface area contributed by atoms with Crippen LogP contribution in [0.25, 0.3) is 10.2 Å². The van der Waals surface area contributed by atoms with Crippen molar-refractivity contribution in [2.75, 3.05) is 14.1 Å². The van der Waals surface area contributed by atoms with E-state index in [9.17, 15) is 4.79 Å². The second kappa shape index (κ2) is 8.75. The lowest BCUT2D eigenvalue weighted by atomic mass is 10.1. The molecule has 0 radical (unpaired) electrons. The van der Waals surface area contributed by atoms with Crippen LogP contribution in [0.15, 0.2) is 53.5 Å². The summed E-state index contributed by atoms with van der Waals surface area (Å²) in [7, 11) is 3.91. The SMILES string of the molecule is C/C(=N\c1sc2ccccc2[n+]1CC(=O)c1ccc(Cl)cc1)N(C)C.[Br-]. The number of ketones is 1. The summed E-state index contributed by atoms with van der Waals surface area (Å²) < 4.78 is 3.08. The number of rotatable bonds is 4. The minimum Gasteiger partial charge on any atom is -1.00 e. The third kappa shape index (κ3) is 4.50. The molecule has 136 valence electrons. The molecule has 3 rings (SSSR count). The van der Waals surface area contributed by atoms with E-state index in [4.69, 9.17) is 16.6 Å². The van der Waals surface area contributed by atoms with Gasteiger partial charge in [-0.2, -0.15) is 0 Å². The van der Waals surface area contributed by atoms with E-state index >= 15 is 0 Å². The number of hydrogen-bond acceptors (Lipinski definition) is 3. The molecular formula is C19H19BrClN3OS. The molecule has 0 aliphatic carbocycles. The van der Waals surface area contributed by atoms with Gasteiger partial charge in [-0.25, -0.2) is 4.57 Å². The first-order valence-corrected chi connectivity index (χ1v) is 9.08. The minimum absolute atomic E-state index is 0. The quantitative estimate of drug-likeness (QED) is 0.259. The number of thiazole rings is 1. The van der Waals surface area contributed by atoms with Crippen molar-refractivity contribution in [3.63, 3.8) is 0 Å². The Labute approximate surface area is 172 Å². The van der Waals surface area contributed by atoms with Crippen LogP contribution >= 0.6 is 22.9 Å². The molecule has 4 nitrogen and oxygen atoms in total. The van der Waals surface area contributed by atoms with Gasteiger partial charge in [0.05, 0.1) is 4.70 Å². The van der Waals surface area contributed by atoms with Crippen LogP contribution in [0.3, 0.4) is 0 Å². The van der Waals surface area contributed by atoms with E-state index < -0.39 is 0 Å². The van der Waals surface area contributed by atoms with Gasteiger partial charge in [-0.3, -0.25) is 4.79 Å². The maximum Gasteiger partial charge on any atom is 0.385 e. The van der Waals surface area contributed by atoms with Crippen molar-refractivity contribution in [2.24, 2.45) is 4.99 Å². The molecule has 0 unspecified atom stereocenters. The van der Waals surface area contributed by atoms with Crippen LogP contribution in [-0.2, 0) is 6.54 Å².